The molecule has 2 unspecified atom stereocenters. The molecule has 0 saturated heterocycles. The van der Waals surface area contributed by atoms with Gasteiger partial charge in [-0.15, -0.1) is 0 Å². The van der Waals surface area contributed by atoms with Gasteiger partial charge in [0, 0.05) is 35.5 Å². The summed E-state index contributed by atoms with van der Waals surface area (Å²) < 4.78 is 6.18. The highest BCUT2D eigenvalue weighted by atomic mass is 16.5. The molecule has 0 aliphatic carbocycles. The van der Waals surface area contributed by atoms with E-state index in [1.807, 2.05) is 49.4 Å². The lowest BCUT2D eigenvalue weighted by atomic mass is 9.94. The van der Waals surface area contributed by atoms with Gasteiger partial charge in [-0.2, -0.15) is 0 Å². The van der Waals surface area contributed by atoms with Crippen molar-refractivity contribution in [2.75, 3.05) is 0 Å². The normalized spacial score (nSPS) is 21.2. The first kappa shape index (κ1) is 18.7. The number of rotatable bonds is 4. The molecule has 0 bridgehead atoms. The van der Waals surface area contributed by atoms with Gasteiger partial charge in [-0.25, -0.2) is 4.99 Å². The van der Waals surface area contributed by atoms with E-state index in [-0.39, 0.29) is 17.5 Å². The molecule has 3 aromatic carbocycles. The van der Waals surface area contributed by atoms with Crippen LogP contribution in [0.5, 0.6) is 17.2 Å². The first-order valence-electron chi connectivity index (χ1n) is 9.46. The maximum absolute atomic E-state index is 10.0. The van der Waals surface area contributed by atoms with Crippen molar-refractivity contribution >= 4 is 12.4 Å². The molecule has 4 rings (SSSR count). The lowest BCUT2D eigenvalue weighted by Crippen LogP contribution is -2.36. The van der Waals surface area contributed by atoms with E-state index in [0.717, 1.165) is 11.3 Å². The van der Waals surface area contributed by atoms with Gasteiger partial charge in [-0.05, 0) is 37.3 Å². The van der Waals surface area contributed by atoms with Crippen molar-refractivity contribution in [2.45, 2.75) is 25.1 Å². The molecule has 0 amide bonds. The summed E-state index contributed by atoms with van der Waals surface area (Å²) >= 11 is 0. The molecule has 1 heterocycles. The first-order chi connectivity index (χ1) is 14.0. The van der Waals surface area contributed by atoms with Crippen LogP contribution in [0.4, 0.5) is 0 Å². The maximum Gasteiger partial charge on any atom is 0.199 e. The van der Waals surface area contributed by atoms with Crippen molar-refractivity contribution in [1.29, 1.82) is 0 Å². The van der Waals surface area contributed by atoms with E-state index < -0.39 is 5.72 Å². The standard InChI is InChI=1S/C24H22N2O3/c1-24(26-16-18-9-3-6-12-22(18)28)14-20(19-10-4-7-13-23(19)29-24)25-15-17-8-2-5-11-21(17)27/h2-13,15-16,20,27-28H,14H2,1H3/b25-15?,26-16+. The molecule has 29 heavy (non-hydrogen) atoms. The first-order valence-corrected chi connectivity index (χ1v) is 9.46. The Morgan fingerprint density at radius 2 is 1.45 bits per heavy atom. The molecule has 0 fully saturated rings. The number of phenols is 2. The second-order valence-corrected chi connectivity index (χ2v) is 7.19. The van der Waals surface area contributed by atoms with Crippen molar-refractivity contribution in [1.82, 2.24) is 0 Å². The summed E-state index contributed by atoms with van der Waals surface area (Å²) in [5.74, 6) is 1.09. The predicted molar refractivity (Wildman–Crippen MR) is 114 cm³/mol. The fourth-order valence-corrected chi connectivity index (χ4v) is 3.38. The molecule has 5 heteroatoms. The Balaban J connectivity index is 1.65. The largest absolute Gasteiger partial charge is 0.507 e. The van der Waals surface area contributed by atoms with Crippen LogP contribution in [0.3, 0.4) is 0 Å². The SMILES string of the molecule is CC1(/N=C/c2ccccc2O)CC(N=Cc2ccccc2O)c2ccccc2O1. The summed E-state index contributed by atoms with van der Waals surface area (Å²) in [4.78, 5) is 9.37. The van der Waals surface area contributed by atoms with Gasteiger partial charge >= 0.3 is 0 Å². The van der Waals surface area contributed by atoms with Crippen LogP contribution in [-0.2, 0) is 0 Å². The predicted octanol–water partition coefficient (Wildman–Crippen LogP) is 4.88. The molecule has 146 valence electrons. The third-order valence-corrected chi connectivity index (χ3v) is 4.92. The second-order valence-electron chi connectivity index (χ2n) is 7.19. The van der Waals surface area contributed by atoms with Gasteiger partial charge in [-0.1, -0.05) is 42.5 Å². The Bertz CT molecular complexity index is 1080. The number of fused-ring (bicyclic) bond motifs is 1. The van der Waals surface area contributed by atoms with Gasteiger partial charge in [0.2, 0.25) is 0 Å². The zero-order valence-corrected chi connectivity index (χ0v) is 16.1. The summed E-state index contributed by atoms with van der Waals surface area (Å²) in [7, 11) is 0. The topological polar surface area (TPSA) is 74.4 Å². The van der Waals surface area contributed by atoms with E-state index >= 15 is 0 Å². The van der Waals surface area contributed by atoms with Crippen LogP contribution in [0.2, 0.25) is 0 Å². The number of benzene rings is 3. The number of hydrogen-bond acceptors (Lipinski definition) is 5. The quantitative estimate of drug-likeness (QED) is 0.628. The number of phenolic OH excluding ortho intramolecular Hbond substituents is 2. The minimum Gasteiger partial charge on any atom is -0.507 e. The molecule has 1 aliphatic rings. The summed E-state index contributed by atoms with van der Waals surface area (Å²) in [6, 6.07) is 21.7. The van der Waals surface area contributed by atoms with E-state index in [0.29, 0.717) is 17.5 Å². The number of para-hydroxylation sites is 3. The molecule has 0 saturated carbocycles. The van der Waals surface area contributed by atoms with Crippen molar-refractivity contribution < 1.29 is 14.9 Å². The molecule has 0 aromatic heterocycles. The molecule has 0 radical (unpaired) electrons. The van der Waals surface area contributed by atoms with Crippen LogP contribution >= 0.6 is 0 Å². The van der Waals surface area contributed by atoms with Gasteiger partial charge < -0.3 is 14.9 Å². The molecular weight excluding hydrogens is 364 g/mol. The minimum absolute atomic E-state index is 0.171. The number of nitrogens with zero attached hydrogens (tertiary/aromatic N) is 2. The third kappa shape index (κ3) is 4.14. The average Bonchev–Trinajstić information content (AvgIpc) is 2.72. The Hall–Kier alpha value is -3.60. The summed E-state index contributed by atoms with van der Waals surface area (Å²) in [5.41, 5.74) is 1.44. The zero-order valence-electron chi connectivity index (χ0n) is 16.1. The fourth-order valence-electron chi connectivity index (χ4n) is 3.38. The molecule has 5 nitrogen and oxygen atoms in total. The smallest absolute Gasteiger partial charge is 0.199 e. The Labute approximate surface area is 169 Å². The van der Waals surface area contributed by atoms with Gasteiger partial charge in [-0.3, -0.25) is 4.99 Å². The molecule has 0 spiro atoms. The van der Waals surface area contributed by atoms with E-state index in [4.69, 9.17) is 9.73 Å². The fraction of sp³-hybridized carbons (Fsp3) is 0.167. The van der Waals surface area contributed by atoms with Crippen LogP contribution in [0.1, 0.15) is 36.1 Å². The summed E-state index contributed by atoms with van der Waals surface area (Å²) in [6.07, 6.45) is 3.85. The Morgan fingerprint density at radius 1 is 0.862 bits per heavy atom. The molecule has 1 aliphatic heterocycles. The van der Waals surface area contributed by atoms with Gasteiger partial charge in [0.15, 0.2) is 5.72 Å². The Morgan fingerprint density at radius 3 is 2.14 bits per heavy atom. The number of aromatic hydroxyl groups is 2. The van der Waals surface area contributed by atoms with Crippen molar-refractivity contribution in [3.8, 4) is 17.2 Å². The van der Waals surface area contributed by atoms with E-state index in [2.05, 4.69) is 4.99 Å². The molecular formula is C24H22N2O3. The molecule has 3 aromatic rings. The lowest BCUT2D eigenvalue weighted by molar-refractivity contribution is 0.0642. The van der Waals surface area contributed by atoms with Crippen molar-refractivity contribution in [3.63, 3.8) is 0 Å². The highest BCUT2D eigenvalue weighted by Gasteiger charge is 2.36. The second kappa shape index (κ2) is 7.80. The zero-order chi connectivity index (χ0) is 20.3. The maximum atomic E-state index is 10.0. The lowest BCUT2D eigenvalue weighted by Gasteiger charge is -2.35. The van der Waals surface area contributed by atoms with Crippen LogP contribution in [0.15, 0.2) is 82.8 Å². The van der Waals surface area contributed by atoms with Crippen molar-refractivity contribution in [3.05, 3.63) is 89.5 Å². The van der Waals surface area contributed by atoms with Crippen LogP contribution < -0.4 is 4.74 Å². The van der Waals surface area contributed by atoms with Gasteiger partial charge in [0.05, 0.1) is 6.04 Å². The highest BCUT2D eigenvalue weighted by molar-refractivity contribution is 5.84. The summed E-state index contributed by atoms with van der Waals surface area (Å²) in [5, 5.41) is 20.0. The monoisotopic (exact) mass is 386 g/mol. The minimum atomic E-state index is -0.836. The molecule has 2 N–H and O–H groups in total. The Kier molecular flexibility index (Phi) is 5.04. The average molecular weight is 386 g/mol. The molecule has 2 atom stereocenters. The number of aliphatic imine (C=N–C) groups is 2. The van der Waals surface area contributed by atoms with E-state index in [1.165, 1.54) is 0 Å². The number of hydrogen-bond donors (Lipinski definition) is 2. The third-order valence-electron chi connectivity index (χ3n) is 4.92. The van der Waals surface area contributed by atoms with Gasteiger partial charge in [0.25, 0.3) is 0 Å². The summed E-state index contributed by atoms with van der Waals surface area (Å²) in [6.45, 7) is 1.90. The van der Waals surface area contributed by atoms with Crippen LogP contribution in [0, 0.1) is 0 Å². The van der Waals surface area contributed by atoms with E-state index in [9.17, 15) is 10.2 Å². The number of ether oxygens (including phenoxy) is 1. The van der Waals surface area contributed by atoms with Crippen LogP contribution in [-0.4, -0.2) is 28.4 Å². The van der Waals surface area contributed by atoms with Gasteiger partial charge in [0.1, 0.15) is 17.2 Å². The van der Waals surface area contributed by atoms with Crippen molar-refractivity contribution in [2.24, 2.45) is 9.98 Å². The van der Waals surface area contributed by atoms with E-state index in [1.54, 1.807) is 42.8 Å². The highest BCUT2D eigenvalue weighted by Crippen LogP contribution is 2.42. The van der Waals surface area contributed by atoms with Crippen LogP contribution in [0.25, 0.3) is 0 Å².